The molecule has 0 saturated carbocycles. The Hall–Kier alpha value is -2.37. The van der Waals surface area contributed by atoms with Gasteiger partial charge in [0.1, 0.15) is 0 Å². The number of imide groups is 1. The van der Waals surface area contributed by atoms with Crippen LogP contribution in [0.1, 0.15) is 10.4 Å². The first-order chi connectivity index (χ1) is 8.49. The predicted molar refractivity (Wildman–Crippen MR) is 63.4 cm³/mol. The third kappa shape index (κ3) is 2.17. The summed E-state index contributed by atoms with van der Waals surface area (Å²) in [6, 6.07) is 6.18. The number of hydrogen-bond acceptors (Lipinski definition) is 4. The van der Waals surface area contributed by atoms with Crippen LogP contribution in [-0.4, -0.2) is 47.9 Å². The molecule has 1 N–H and O–H groups in total. The summed E-state index contributed by atoms with van der Waals surface area (Å²) in [5, 5.41) is 8.89. The highest BCUT2D eigenvalue weighted by Crippen LogP contribution is 2.18. The van der Waals surface area contributed by atoms with Crippen LogP contribution in [0.2, 0.25) is 0 Å². The van der Waals surface area contributed by atoms with E-state index in [0.29, 0.717) is 5.69 Å². The van der Waals surface area contributed by atoms with E-state index in [1.54, 1.807) is 17.0 Å². The second-order valence-corrected chi connectivity index (χ2v) is 4.06. The molecule has 1 saturated heterocycles. The van der Waals surface area contributed by atoms with E-state index in [1.807, 2.05) is 0 Å². The zero-order chi connectivity index (χ0) is 13.3. The second-order valence-electron chi connectivity index (χ2n) is 4.06. The molecule has 1 aliphatic heterocycles. The number of piperazine rings is 1. The van der Waals surface area contributed by atoms with Gasteiger partial charge in [0.2, 0.25) is 11.8 Å². The van der Waals surface area contributed by atoms with E-state index in [9.17, 15) is 14.4 Å². The number of benzene rings is 1. The minimum Gasteiger partial charge on any atom is -0.478 e. The molecular formula is C12H12N2O4. The molecule has 0 bridgehead atoms. The predicted octanol–water partition coefficient (Wildman–Crippen LogP) is 0.190. The molecule has 0 aromatic heterocycles. The lowest BCUT2D eigenvalue weighted by atomic mass is 10.1. The van der Waals surface area contributed by atoms with Crippen LogP contribution < -0.4 is 4.90 Å². The summed E-state index contributed by atoms with van der Waals surface area (Å²) >= 11 is 0. The molecule has 1 aromatic rings. The average Bonchev–Trinajstić information content (AvgIpc) is 2.35. The number of aromatic carboxylic acids is 1. The first-order valence-corrected chi connectivity index (χ1v) is 5.36. The normalized spacial score (nSPS) is 16.1. The van der Waals surface area contributed by atoms with Gasteiger partial charge < -0.3 is 10.0 Å². The summed E-state index contributed by atoms with van der Waals surface area (Å²) in [5.74, 6) is -1.64. The van der Waals surface area contributed by atoms with Crippen molar-refractivity contribution in [3.05, 3.63) is 29.8 Å². The number of hydrogen-bond donors (Lipinski definition) is 1. The third-order valence-corrected chi connectivity index (χ3v) is 2.86. The lowest BCUT2D eigenvalue weighted by Gasteiger charge is -2.32. The molecular weight excluding hydrogens is 236 g/mol. The van der Waals surface area contributed by atoms with E-state index in [2.05, 4.69) is 0 Å². The van der Waals surface area contributed by atoms with Gasteiger partial charge in [-0.1, -0.05) is 6.07 Å². The van der Waals surface area contributed by atoms with Crippen molar-refractivity contribution in [3.63, 3.8) is 0 Å². The van der Waals surface area contributed by atoms with Crippen LogP contribution in [0.5, 0.6) is 0 Å². The summed E-state index contributed by atoms with van der Waals surface area (Å²) < 4.78 is 0. The number of rotatable bonds is 2. The minimum atomic E-state index is -1.04. The smallest absolute Gasteiger partial charge is 0.335 e. The van der Waals surface area contributed by atoms with Crippen LogP contribution in [0.3, 0.4) is 0 Å². The summed E-state index contributed by atoms with van der Waals surface area (Å²) in [6.07, 6.45) is 0. The molecule has 2 amide bonds. The quantitative estimate of drug-likeness (QED) is 0.756. The molecule has 2 rings (SSSR count). The van der Waals surface area contributed by atoms with Crippen LogP contribution >= 0.6 is 0 Å². The first-order valence-electron chi connectivity index (χ1n) is 5.36. The molecule has 6 heteroatoms. The number of carboxylic acids is 1. The largest absolute Gasteiger partial charge is 0.478 e. The zero-order valence-electron chi connectivity index (χ0n) is 9.79. The first kappa shape index (κ1) is 12.1. The second kappa shape index (κ2) is 4.48. The van der Waals surface area contributed by atoms with E-state index in [1.165, 1.54) is 19.2 Å². The number of nitrogens with zero attached hydrogens (tertiary/aromatic N) is 2. The highest BCUT2D eigenvalue weighted by molar-refractivity contribution is 6.02. The topological polar surface area (TPSA) is 77.9 Å². The van der Waals surface area contributed by atoms with Crippen LogP contribution in [0, 0.1) is 0 Å². The van der Waals surface area contributed by atoms with Crippen molar-refractivity contribution >= 4 is 23.5 Å². The molecule has 1 aromatic carbocycles. The highest BCUT2D eigenvalue weighted by atomic mass is 16.4. The Morgan fingerprint density at radius 2 is 1.83 bits per heavy atom. The molecule has 6 nitrogen and oxygen atoms in total. The van der Waals surface area contributed by atoms with E-state index >= 15 is 0 Å². The number of carboxylic acid groups (broad SMARTS) is 1. The van der Waals surface area contributed by atoms with E-state index in [0.717, 1.165) is 4.90 Å². The van der Waals surface area contributed by atoms with Crippen molar-refractivity contribution in [1.29, 1.82) is 0 Å². The van der Waals surface area contributed by atoms with Gasteiger partial charge in [-0.25, -0.2) is 4.79 Å². The lowest BCUT2D eigenvalue weighted by Crippen LogP contribution is -2.52. The maximum atomic E-state index is 11.6. The molecule has 1 fully saturated rings. The Labute approximate surface area is 103 Å². The van der Waals surface area contributed by atoms with Crippen LogP contribution in [-0.2, 0) is 9.59 Å². The van der Waals surface area contributed by atoms with Crippen LogP contribution in [0.25, 0.3) is 0 Å². The average molecular weight is 248 g/mol. The number of carbonyl (C=O) groups is 3. The zero-order valence-corrected chi connectivity index (χ0v) is 9.79. The van der Waals surface area contributed by atoms with Gasteiger partial charge in [-0.2, -0.15) is 0 Å². The Morgan fingerprint density at radius 1 is 1.22 bits per heavy atom. The van der Waals surface area contributed by atoms with Crippen molar-refractivity contribution in [2.45, 2.75) is 0 Å². The van der Waals surface area contributed by atoms with Crippen molar-refractivity contribution < 1.29 is 19.5 Å². The van der Waals surface area contributed by atoms with Gasteiger partial charge in [-0.3, -0.25) is 14.5 Å². The standard InChI is InChI=1S/C12H12N2O4/c1-13-10(15)6-14(7-11(13)16)9-4-2-3-8(5-9)12(17)18/h2-5H,6-7H2,1H3,(H,17,18). The summed E-state index contributed by atoms with van der Waals surface area (Å²) in [4.78, 5) is 36.6. The fraction of sp³-hybridized carbons (Fsp3) is 0.250. The Bertz CT molecular complexity index is 509. The van der Waals surface area contributed by atoms with Crippen molar-refractivity contribution in [2.75, 3.05) is 25.0 Å². The maximum Gasteiger partial charge on any atom is 0.335 e. The summed E-state index contributed by atoms with van der Waals surface area (Å²) in [5.41, 5.74) is 0.691. The maximum absolute atomic E-state index is 11.6. The van der Waals surface area contributed by atoms with E-state index < -0.39 is 5.97 Å². The molecule has 1 aliphatic rings. The van der Waals surface area contributed by atoms with E-state index in [4.69, 9.17) is 5.11 Å². The van der Waals surface area contributed by atoms with Gasteiger partial charge in [0.25, 0.3) is 0 Å². The fourth-order valence-electron chi connectivity index (χ4n) is 1.75. The monoisotopic (exact) mass is 248 g/mol. The van der Waals surface area contributed by atoms with Crippen molar-refractivity contribution in [1.82, 2.24) is 4.90 Å². The summed E-state index contributed by atoms with van der Waals surface area (Å²) in [7, 11) is 1.44. The molecule has 0 aliphatic carbocycles. The molecule has 0 radical (unpaired) electrons. The molecule has 0 spiro atoms. The van der Waals surface area contributed by atoms with Gasteiger partial charge in [-0.05, 0) is 18.2 Å². The Kier molecular flexibility index (Phi) is 3.01. The Morgan fingerprint density at radius 3 is 2.39 bits per heavy atom. The number of amides is 2. The molecule has 0 atom stereocenters. The number of likely N-dealkylation sites (N-methyl/N-ethyl adjacent to an activating group) is 1. The molecule has 0 unspecified atom stereocenters. The fourth-order valence-corrected chi connectivity index (χ4v) is 1.75. The van der Waals surface area contributed by atoms with Gasteiger partial charge in [0, 0.05) is 12.7 Å². The Balaban J connectivity index is 2.27. The van der Waals surface area contributed by atoms with Gasteiger partial charge in [0.05, 0.1) is 18.7 Å². The van der Waals surface area contributed by atoms with Crippen LogP contribution in [0.15, 0.2) is 24.3 Å². The molecule has 94 valence electrons. The molecule has 1 heterocycles. The van der Waals surface area contributed by atoms with Gasteiger partial charge in [0.15, 0.2) is 0 Å². The van der Waals surface area contributed by atoms with Gasteiger partial charge >= 0.3 is 5.97 Å². The number of anilines is 1. The minimum absolute atomic E-state index is 0.0747. The van der Waals surface area contributed by atoms with Crippen LogP contribution in [0.4, 0.5) is 5.69 Å². The molecule has 18 heavy (non-hydrogen) atoms. The van der Waals surface area contributed by atoms with Crippen molar-refractivity contribution in [3.8, 4) is 0 Å². The highest BCUT2D eigenvalue weighted by Gasteiger charge is 2.28. The third-order valence-electron chi connectivity index (χ3n) is 2.86. The van der Waals surface area contributed by atoms with Crippen molar-refractivity contribution in [2.24, 2.45) is 0 Å². The van der Waals surface area contributed by atoms with E-state index in [-0.39, 0.29) is 30.5 Å². The number of carbonyl (C=O) groups excluding carboxylic acids is 2. The summed E-state index contributed by atoms with van der Waals surface area (Å²) in [6.45, 7) is 0.149. The van der Waals surface area contributed by atoms with Gasteiger partial charge in [-0.15, -0.1) is 0 Å². The lowest BCUT2D eigenvalue weighted by molar-refractivity contribution is -0.143. The SMILES string of the molecule is CN1C(=O)CN(c2cccc(C(=O)O)c2)CC1=O.